The lowest BCUT2D eigenvalue weighted by Gasteiger charge is -2.12. The van der Waals surface area contributed by atoms with Crippen molar-refractivity contribution in [2.75, 3.05) is 11.9 Å². The van der Waals surface area contributed by atoms with Gasteiger partial charge in [-0.2, -0.15) is 0 Å². The molecule has 2 rings (SSSR count). The van der Waals surface area contributed by atoms with Crippen LogP contribution in [0.5, 0.6) is 0 Å². The van der Waals surface area contributed by atoms with E-state index in [4.69, 9.17) is 11.6 Å². The van der Waals surface area contributed by atoms with Crippen LogP contribution in [-0.2, 0) is 0 Å². The van der Waals surface area contributed by atoms with Gasteiger partial charge in [-0.05, 0) is 24.6 Å². The summed E-state index contributed by atoms with van der Waals surface area (Å²) >= 11 is 5.93. The maximum atomic E-state index is 13.5. The molecule has 0 bridgehead atoms. The Morgan fingerprint density at radius 1 is 1.19 bits per heavy atom. The highest BCUT2D eigenvalue weighted by Gasteiger charge is 2.11. The average Bonchev–Trinajstić information content (AvgIpc) is 2.43. The fourth-order valence-corrected chi connectivity index (χ4v) is 2.14. The van der Waals surface area contributed by atoms with Crippen molar-refractivity contribution >= 4 is 17.4 Å². The quantitative estimate of drug-likeness (QED) is 0.855. The van der Waals surface area contributed by atoms with E-state index in [9.17, 15) is 4.39 Å². The normalized spacial score (nSPS) is 11.0. The first kappa shape index (κ1) is 15.7. The molecule has 5 heteroatoms. The van der Waals surface area contributed by atoms with E-state index >= 15 is 0 Å². The molecule has 0 aliphatic rings. The van der Waals surface area contributed by atoms with Crippen molar-refractivity contribution in [1.82, 2.24) is 9.97 Å². The molecule has 1 aromatic carbocycles. The summed E-state index contributed by atoms with van der Waals surface area (Å²) in [6.45, 7) is 6.98. The van der Waals surface area contributed by atoms with Crippen LogP contribution < -0.4 is 5.32 Å². The number of halogens is 2. The zero-order valence-corrected chi connectivity index (χ0v) is 13.2. The molecule has 0 radical (unpaired) electrons. The third-order valence-corrected chi connectivity index (χ3v) is 3.19. The molecule has 0 atom stereocenters. The van der Waals surface area contributed by atoms with Crippen molar-refractivity contribution in [3.05, 3.63) is 40.9 Å². The van der Waals surface area contributed by atoms with Gasteiger partial charge in [0.15, 0.2) is 0 Å². The monoisotopic (exact) mass is 307 g/mol. The Morgan fingerprint density at radius 3 is 2.57 bits per heavy atom. The van der Waals surface area contributed by atoms with Gasteiger partial charge in [-0.15, -0.1) is 0 Å². The maximum Gasteiger partial charge on any atom is 0.133 e. The van der Waals surface area contributed by atoms with Crippen LogP contribution in [-0.4, -0.2) is 16.5 Å². The number of rotatable bonds is 5. The SMILES string of the molecule is CCCNc1cc(-c2cc(F)cc(Cl)c2)nc(C(C)C)n1. The predicted molar refractivity (Wildman–Crippen MR) is 85.3 cm³/mol. The number of benzene rings is 1. The van der Waals surface area contributed by atoms with Crippen molar-refractivity contribution in [3.8, 4) is 11.3 Å². The first-order valence-electron chi connectivity index (χ1n) is 7.09. The highest BCUT2D eigenvalue weighted by molar-refractivity contribution is 6.30. The topological polar surface area (TPSA) is 37.8 Å². The molecule has 0 amide bonds. The molecule has 0 aliphatic carbocycles. The predicted octanol–water partition coefficient (Wildman–Crippen LogP) is 4.88. The second kappa shape index (κ2) is 6.85. The molecule has 21 heavy (non-hydrogen) atoms. The molecule has 0 saturated carbocycles. The van der Waals surface area contributed by atoms with Crippen molar-refractivity contribution in [3.63, 3.8) is 0 Å². The third kappa shape index (κ3) is 4.14. The van der Waals surface area contributed by atoms with Crippen molar-refractivity contribution in [2.24, 2.45) is 0 Å². The number of aromatic nitrogens is 2. The molecule has 3 nitrogen and oxygen atoms in total. The first-order valence-corrected chi connectivity index (χ1v) is 7.46. The largest absolute Gasteiger partial charge is 0.370 e. The summed E-state index contributed by atoms with van der Waals surface area (Å²) in [6.07, 6.45) is 1.00. The minimum atomic E-state index is -0.370. The van der Waals surface area contributed by atoms with Crippen LogP contribution in [0.15, 0.2) is 24.3 Å². The molecular weight excluding hydrogens is 289 g/mol. The van der Waals surface area contributed by atoms with Gasteiger partial charge in [0.05, 0.1) is 5.69 Å². The maximum absolute atomic E-state index is 13.5. The van der Waals surface area contributed by atoms with Gasteiger partial charge >= 0.3 is 0 Å². The van der Waals surface area contributed by atoms with E-state index in [1.54, 1.807) is 6.07 Å². The molecule has 0 saturated heterocycles. The Hall–Kier alpha value is -1.68. The van der Waals surface area contributed by atoms with Gasteiger partial charge in [0, 0.05) is 29.1 Å². The lowest BCUT2D eigenvalue weighted by molar-refractivity contribution is 0.628. The summed E-state index contributed by atoms with van der Waals surface area (Å²) in [7, 11) is 0. The van der Waals surface area contributed by atoms with Crippen LogP contribution in [0, 0.1) is 5.82 Å². The molecule has 1 N–H and O–H groups in total. The lowest BCUT2D eigenvalue weighted by Crippen LogP contribution is -2.07. The highest BCUT2D eigenvalue weighted by atomic mass is 35.5. The summed E-state index contributed by atoms with van der Waals surface area (Å²) in [4.78, 5) is 9.01. The number of nitrogens with one attached hydrogen (secondary N) is 1. The van der Waals surface area contributed by atoms with Crippen molar-refractivity contribution in [1.29, 1.82) is 0 Å². The van der Waals surface area contributed by atoms with Gasteiger partial charge < -0.3 is 5.32 Å². The van der Waals surface area contributed by atoms with Crippen molar-refractivity contribution in [2.45, 2.75) is 33.1 Å². The molecule has 0 unspecified atom stereocenters. The average molecular weight is 308 g/mol. The standard InChI is InChI=1S/C16H19ClFN3/c1-4-5-19-15-9-14(20-16(21-15)10(2)3)11-6-12(17)8-13(18)7-11/h6-10H,4-5H2,1-3H3,(H,19,20,21). The minimum absolute atomic E-state index is 0.191. The van der Waals surface area contributed by atoms with E-state index in [1.165, 1.54) is 12.1 Å². The fourth-order valence-electron chi connectivity index (χ4n) is 1.92. The molecular formula is C16H19ClFN3. The molecule has 0 spiro atoms. The zero-order valence-electron chi connectivity index (χ0n) is 12.5. The van der Waals surface area contributed by atoms with Gasteiger partial charge in [0.1, 0.15) is 17.5 Å². The van der Waals surface area contributed by atoms with E-state index in [0.717, 1.165) is 24.6 Å². The Balaban J connectivity index is 2.48. The molecule has 1 aromatic heterocycles. The van der Waals surface area contributed by atoms with Crippen molar-refractivity contribution < 1.29 is 4.39 Å². The number of anilines is 1. The fraction of sp³-hybridized carbons (Fsp3) is 0.375. The van der Waals surface area contributed by atoms with Gasteiger partial charge in [-0.3, -0.25) is 0 Å². The van der Waals surface area contributed by atoms with Crippen LogP contribution in [0.4, 0.5) is 10.2 Å². The lowest BCUT2D eigenvalue weighted by atomic mass is 10.1. The number of nitrogens with zero attached hydrogens (tertiary/aromatic N) is 2. The van der Waals surface area contributed by atoms with Gasteiger partial charge in [-0.1, -0.05) is 32.4 Å². The second-order valence-corrected chi connectivity index (χ2v) is 5.67. The summed E-state index contributed by atoms with van der Waals surface area (Å²) in [5.74, 6) is 1.30. The number of hydrogen-bond donors (Lipinski definition) is 1. The minimum Gasteiger partial charge on any atom is -0.370 e. The summed E-state index contributed by atoms with van der Waals surface area (Å²) in [5.41, 5.74) is 1.33. The van der Waals surface area contributed by atoms with E-state index < -0.39 is 0 Å². The van der Waals surface area contributed by atoms with Crippen LogP contribution in [0.3, 0.4) is 0 Å². The Labute approximate surface area is 129 Å². The summed E-state index contributed by atoms with van der Waals surface area (Å²) in [6, 6.07) is 6.25. The Bertz CT molecular complexity index is 609. The highest BCUT2D eigenvalue weighted by Crippen LogP contribution is 2.26. The second-order valence-electron chi connectivity index (χ2n) is 5.24. The first-order chi connectivity index (χ1) is 9.99. The molecule has 0 aliphatic heterocycles. The Morgan fingerprint density at radius 2 is 1.95 bits per heavy atom. The smallest absolute Gasteiger partial charge is 0.133 e. The molecule has 1 heterocycles. The van der Waals surface area contributed by atoms with E-state index in [-0.39, 0.29) is 11.7 Å². The van der Waals surface area contributed by atoms with Crippen LogP contribution >= 0.6 is 11.6 Å². The molecule has 112 valence electrons. The number of hydrogen-bond acceptors (Lipinski definition) is 3. The van der Waals surface area contributed by atoms with E-state index in [0.29, 0.717) is 16.3 Å². The van der Waals surface area contributed by atoms with Crippen LogP contribution in [0.2, 0.25) is 5.02 Å². The molecule has 0 fully saturated rings. The summed E-state index contributed by atoms with van der Waals surface area (Å²) in [5, 5.41) is 3.61. The van der Waals surface area contributed by atoms with E-state index in [2.05, 4.69) is 22.2 Å². The zero-order chi connectivity index (χ0) is 15.4. The Kier molecular flexibility index (Phi) is 5.12. The van der Waals surface area contributed by atoms with Gasteiger partial charge in [0.2, 0.25) is 0 Å². The van der Waals surface area contributed by atoms with Gasteiger partial charge in [0.25, 0.3) is 0 Å². The van der Waals surface area contributed by atoms with E-state index in [1.807, 2.05) is 19.9 Å². The summed E-state index contributed by atoms with van der Waals surface area (Å²) < 4.78 is 13.5. The third-order valence-electron chi connectivity index (χ3n) is 2.97. The van der Waals surface area contributed by atoms with Gasteiger partial charge in [-0.25, -0.2) is 14.4 Å². The van der Waals surface area contributed by atoms with Crippen LogP contribution in [0.1, 0.15) is 38.9 Å². The van der Waals surface area contributed by atoms with Crippen LogP contribution in [0.25, 0.3) is 11.3 Å². The molecule has 2 aromatic rings.